The van der Waals surface area contributed by atoms with Gasteiger partial charge in [-0.1, -0.05) is 223 Å². The molecule has 792 valence electrons. The molecule has 7 aromatic rings. The number of carbonyl (C=O) groups is 8. The zero-order chi connectivity index (χ0) is 97.8. The number of amides is 5. The number of hydrogen-bond donors (Lipinski definition) is 13. The van der Waals surface area contributed by atoms with Crippen LogP contribution in [0.15, 0.2) is 164 Å². The first-order valence-corrected chi connectivity index (χ1v) is 44.0. The molecule has 40 heteroatoms. The smallest absolute Gasteiger partial charge is 0.408 e. The van der Waals surface area contributed by atoms with Crippen molar-refractivity contribution in [2.45, 2.75) is 189 Å². The molecule has 11 atom stereocenters. The largest absolute Gasteiger partial charge is 0.486 e. The average molecular weight is 2000 g/mol. The minimum absolute atomic E-state index is 0. The van der Waals surface area contributed by atoms with E-state index in [2.05, 4.69) is 22.4 Å². The molecular weight excluding hydrogens is 1850 g/mol. The van der Waals surface area contributed by atoms with Gasteiger partial charge in [0.2, 0.25) is 0 Å². The summed E-state index contributed by atoms with van der Waals surface area (Å²) in [5.74, 6) is 2.04. The number of Topliss-reactive ketones (excluding diaryl/α,β-unsaturated/α-hetero) is 1. The predicted molar refractivity (Wildman–Crippen MR) is 533 cm³/mol. The Kier molecular flexibility index (Phi) is 71.9. The van der Waals surface area contributed by atoms with Crippen molar-refractivity contribution in [3.05, 3.63) is 203 Å². The molecule has 0 saturated carbocycles. The first-order valence-electron chi connectivity index (χ1n) is 42.2. The van der Waals surface area contributed by atoms with Gasteiger partial charge in [0, 0.05) is 44.0 Å². The summed E-state index contributed by atoms with van der Waals surface area (Å²) in [4.78, 5) is 99.5. The summed E-state index contributed by atoms with van der Waals surface area (Å²) in [6, 6.07) is 44.7. The monoisotopic (exact) mass is 2000 g/mol. The maximum absolute atomic E-state index is 12.0. The van der Waals surface area contributed by atoms with Crippen molar-refractivity contribution < 1.29 is 159 Å². The van der Waals surface area contributed by atoms with E-state index in [1.54, 1.807) is 99.6 Å². The number of rotatable bonds is 33. The van der Waals surface area contributed by atoms with E-state index in [0.717, 1.165) is 74.3 Å². The molecule has 5 amide bonds. The maximum atomic E-state index is 12.0. The van der Waals surface area contributed by atoms with Crippen LogP contribution in [0.2, 0.25) is 0 Å². The van der Waals surface area contributed by atoms with E-state index in [1.165, 1.54) is 28.3 Å². The number of fused-ring (bicyclic) bond motifs is 4. The molecule has 39 nitrogen and oxygen atoms in total. The fourth-order valence-corrected chi connectivity index (χ4v) is 11.6. The molecule has 4 aliphatic rings. The number of nitrogens with one attached hydrogen (secondary N) is 3. The molecule has 4 heterocycles. The quantitative estimate of drug-likeness (QED) is 0.00786. The highest BCUT2D eigenvalue weighted by Crippen LogP contribution is 2.38. The molecule has 14 N–H and O–H groups in total. The van der Waals surface area contributed by atoms with Crippen LogP contribution in [0.1, 0.15) is 189 Å². The van der Waals surface area contributed by atoms with Crippen LogP contribution in [0.4, 0.5) is 14.4 Å². The van der Waals surface area contributed by atoms with Gasteiger partial charge in [-0.25, -0.2) is 29.3 Å². The van der Waals surface area contributed by atoms with Gasteiger partial charge < -0.3 is 120 Å². The number of alkyl carbamates (subject to hydrolysis) is 3. The van der Waals surface area contributed by atoms with E-state index in [4.69, 9.17) is 97.5 Å². The number of nitrogens with zero attached hydrogens (tertiary/aromatic N) is 2. The van der Waals surface area contributed by atoms with Crippen LogP contribution in [-0.4, -0.2) is 257 Å². The summed E-state index contributed by atoms with van der Waals surface area (Å²) >= 11 is 0. The van der Waals surface area contributed by atoms with Crippen LogP contribution in [0.25, 0.3) is 0 Å². The number of ketones is 1. The van der Waals surface area contributed by atoms with E-state index in [1.807, 2.05) is 111 Å². The summed E-state index contributed by atoms with van der Waals surface area (Å²) in [5, 5.41) is 90.3. The van der Waals surface area contributed by atoms with E-state index >= 15 is 0 Å². The molecule has 0 aliphatic carbocycles. The van der Waals surface area contributed by atoms with Crippen LogP contribution in [0.3, 0.4) is 0 Å². The van der Waals surface area contributed by atoms with Crippen molar-refractivity contribution in [1.82, 2.24) is 26.1 Å². The fraction of sp³-hybridized carbons (Fsp3) is 0.500. The Balaban J connectivity index is -0.000000496. The first kappa shape index (κ1) is 136. The fourth-order valence-electron chi connectivity index (χ4n) is 11.2. The maximum Gasteiger partial charge on any atom is 0.408 e. The standard InChI is InChI=1S/C14H20N2O4.C13H18N2O5.C13H18O6S.C13H18O3.C13H16O3.C12H16O4.C11H13NO5.C3H7NO3.8CH4/c1-4-12(13(17)16(2)19-3)15-14(18)20-10-11-8-6-5-7-9-11;1-15(19-2)12(17)11(8-16)14-13(18)20-9-10-6-4-3-5-7-10;1-9(8-19-20(2,15)16)13(14)10-3-4-11-12(7-10)18-6-5-17-11;2*1-3-9(2)13(14)10-4-5-11-12(8-10)16-7-6-15-11;1-8(7-13)12(14)9-2-3-10-11(6-9)16-5-4-15-10;13-6-9(10(14)15)12-11(16)17-7-8-4-2-1-3-5-8;4-2(1-5)3(6)7;;;;;;;;/h5-9,12H,4,10H2,1-3H3,(H,15,18);3-7,11,16H,8-9H2,1-2H3,(H,14,18);3-4,7,9,13-14H,5-6,8H2,1-2H3;4-5,8-9,13-14H,3,6-7H2,1-2H3;4-5,8-9H,3,6-7H2,1-2H3;2-3,6,8,12-14H,4-5,7H2,1H3;1-5,9,13H,6-7H2,(H,12,16)(H,14,15);2,5H,1,4H2,(H,6,7);8*1H4/t12-;11-;2*9-,13+;9-;8-,12+;9-;2-;;;;;;;;/m11111111......../s1. The Labute approximate surface area is 826 Å². The highest BCUT2D eigenvalue weighted by molar-refractivity contribution is 7.86. The highest BCUT2D eigenvalue weighted by atomic mass is 32.2. The second-order valence-corrected chi connectivity index (χ2v) is 31.3. The van der Waals surface area contributed by atoms with Gasteiger partial charge in [0.15, 0.2) is 57.8 Å². The lowest BCUT2D eigenvalue weighted by atomic mass is 9.95. The zero-order valence-corrected chi connectivity index (χ0v) is 76.9. The number of benzene rings is 7. The molecule has 140 heavy (non-hydrogen) atoms. The number of aliphatic hydroxyl groups is 7. The van der Waals surface area contributed by atoms with Crippen molar-refractivity contribution >= 4 is 57.9 Å². The van der Waals surface area contributed by atoms with Crippen molar-refractivity contribution in [2.75, 3.05) is 120 Å². The molecule has 0 saturated heterocycles. The SMILES string of the molecule is C.C.C.C.C.C.C.C.CC[C@@H](C)C(=O)c1ccc2c(c1)OCCO2.CC[C@@H](C)[C@H](O)c1ccc2c(c1)OCCO2.CC[C@@H](NC(=O)OCc1ccccc1)C(=O)N(C)OC.CON(C)C(=O)[C@@H](CO)NC(=O)OCc1ccccc1.C[C@H](CO)[C@H](O)c1ccc2c(c1)OCCO2.C[C@H](COS(C)(=O)=O)[C@H](O)c1ccc2c(c1)OCCO2.N[C@H](CO)C(=O)O.O=C(N[C@H](CO)C(=O)O)OCc1ccccc1. The van der Waals surface area contributed by atoms with Crippen molar-refractivity contribution in [3.8, 4) is 46.0 Å². The summed E-state index contributed by atoms with van der Waals surface area (Å²) in [6.07, 6.45) is -1.000. The summed E-state index contributed by atoms with van der Waals surface area (Å²) in [7, 11) is 2.05. The molecule has 0 bridgehead atoms. The van der Waals surface area contributed by atoms with E-state index < -0.39 is 109 Å². The minimum atomic E-state index is -3.51. The number of nitrogens with two attached hydrogens (primary N) is 1. The Morgan fingerprint density at radius 3 is 0.986 bits per heavy atom. The lowest BCUT2D eigenvalue weighted by Gasteiger charge is -2.22. The Morgan fingerprint density at radius 1 is 0.393 bits per heavy atom. The number of carbonyl (C=O) groups excluding carboxylic acids is 6. The van der Waals surface area contributed by atoms with Gasteiger partial charge in [-0.2, -0.15) is 8.42 Å². The van der Waals surface area contributed by atoms with Crippen LogP contribution >= 0.6 is 0 Å². The van der Waals surface area contributed by atoms with Gasteiger partial charge in [-0.05, 0) is 107 Å². The number of aliphatic carboxylic acids is 2. The van der Waals surface area contributed by atoms with Crippen molar-refractivity contribution in [3.63, 3.8) is 0 Å². The number of ether oxygens (including phenoxy) is 11. The van der Waals surface area contributed by atoms with E-state index in [9.17, 15) is 62.1 Å². The summed E-state index contributed by atoms with van der Waals surface area (Å²) in [5.41, 5.74) is 10.3. The van der Waals surface area contributed by atoms with Crippen LogP contribution < -0.4 is 59.6 Å². The Hall–Kier alpha value is -12.2. The van der Waals surface area contributed by atoms with Gasteiger partial charge in [-0.3, -0.25) is 33.0 Å². The van der Waals surface area contributed by atoms with Gasteiger partial charge in [0.05, 0.1) is 65.2 Å². The third kappa shape index (κ3) is 49.6. The molecule has 4 aliphatic heterocycles. The van der Waals surface area contributed by atoms with Crippen LogP contribution in [0, 0.1) is 23.7 Å². The van der Waals surface area contributed by atoms with Gasteiger partial charge in [-0.15, -0.1) is 0 Å². The first-order chi connectivity index (χ1) is 63.0. The van der Waals surface area contributed by atoms with Crippen molar-refractivity contribution in [1.29, 1.82) is 0 Å². The van der Waals surface area contributed by atoms with Gasteiger partial charge >= 0.3 is 30.2 Å². The average Bonchev–Trinajstić information content (AvgIpc) is 0.838. The molecule has 11 rings (SSSR count). The minimum Gasteiger partial charge on any atom is -0.486 e. The molecule has 0 radical (unpaired) electrons. The normalized spacial score (nSPS) is 13.8. The van der Waals surface area contributed by atoms with E-state index in [-0.39, 0.29) is 128 Å². The molecular formula is C100H158N6O33S. The number of carboxylic acid groups (broad SMARTS) is 2. The number of aliphatic hydroxyl groups excluding tert-OH is 7. The molecule has 0 aromatic heterocycles. The van der Waals surface area contributed by atoms with Crippen LogP contribution in [0.5, 0.6) is 46.0 Å². The van der Waals surface area contributed by atoms with Crippen molar-refractivity contribution in [2.24, 2.45) is 29.4 Å². The van der Waals surface area contributed by atoms with Gasteiger partial charge in [0.1, 0.15) is 90.8 Å². The topological polar surface area (TPSA) is 551 Å². The number of hydrogen-bond acceptors (Lipinski definition) is 32. The molecule has 0 spiro atoms. The summed E-state index contributed by atoms with van der Waals surface area (Å²) < 4.78 is 84.8. The Bertz CT molecular complexity index is 4590. The molecule has 7 aromatic carbocycles. The summed E-state index contributed by atoms with van der Waals surface area (Å²) in [6.45, 7) is 16.2. The molecule has 0 fully saturated rings. The van der Waals surface area contributed by atoms with E-state index in [0.29, 0.717) is 99.2 Å². The second-order valence-electron chi connectivity index (χ2n) is 29.6. The zero-order valence-electron chi connectivity index (χ0n) is 76.1. The number of carboxylic acids is 2. The van der Waals surface area contributed by atoms with Crippen LogP contribution in [-0.2, 0) is 77.2 Å². The second kappa shape index (κ2) is 73.9. The molecule has 0 unspecified atom stereocenters. The highest BCUT2D eigenvalue weighted by Gasteiger charge is 2.29. The number of hydroxylamine groups is 4. The third-order valence-corrected chi connectivity index (χ3v) is 20.1. The van der Waals surface area contributed by atoms with Gasteiger partial charge in [0.25, 0.3) is 21.9 Å². The number of likely N-dealkylation sites (N-methyl/N-ethyl adjacent to an activating group) is 2. The lowest BCUT2D eigenvalue weighted by Crippen LogP contribution is -2.49. The lowest BCUT2D eigenvalue weighted by molar-refractivity contribution is -0.172. The third-order valence-electron chi connectivity index (χ3n) is 19.6. The Morgan fingerprint density at radius 2 is 0.700 bits per heavy atom. The predicted octanol–water partition coefficient (Wildman–Crippen LogP) is 13.3.